The Hall–Kier alpha value is -2.90. The number of benzene rings is 1. The average molecular weight is 328 g/mol. The Morgan fingerprint density at radius 1 is 1.35 bits per heavy atom. The Balaban J connectivity index is 2.08. The van der Waals surface area contributed by atoms with Crippen LogP contribution in [0.5, 0.6) is 0 Å². The van der Waals surface area contributed by atoms with Gasteiger partial charge in [0.05, 0.1) is 17.8 Å². The monoisotopic (exact) mass is 328 g/mol. The Morgan fingerprint density at radius 2 is 2.13 bits per heavy atom. The second-order valence-electron chi connectivity index (χ2n) is 4.79. The second kappa shape index (κ2) is 7.39. The molecule has 1 aromatic heterocycles. The van der Waals surface area contributed by atoms with E-state index < -0.39 is 5.82 Å². The van der Waals surface area contributed by atoms with Gasteiger partial charge >= 0.3 is 0 Å². The molecular weight excluding hydrogens is 315 g/mol. The van der Waals surface area contributed by atoms with Gasteiger partial charge in [-0.1, -0.05) is 6.07 Å². The van der Waals surface area contributed by atoms with Crippen LogP contribution in [0.15, 0.2) is 35.7 Å². The van der Waals surface area contributed by atoms with E-state index in [9.17, 15) is 14.4 Å². The van der Waals surface area contributed by atoms with Gasteiger partial charge in [0.25, 0.3) is 0 Å². The van der Waals surface area contributed by atoms with E-state index in [1.165, 1.54) is 17.0 Å². The summed E-state index contributed by atoms with van der Waals surface area (Å²) in [6, 6.07) is 9.28. The van der Waals surface area contributed by atoms with Crippen molar-refractivity contribution in [3.8, 4) is 12.3 Å². The van der Waals surface area contributed by atoms with Crippen molar-refractivity contribution in [2.75, 3.05) is 18.5 Å². The molecule has 1 amide bonds. The molecule has 116 valence electrons. The number of nitrogens with zero attached hydrogens (tertiary/aromatic N) is 4. The van der Waals surface area contributed by atoms with Crippen molar-refractivity contribution in [2.45, 2.75) is 6.54 Å². The number of thiophene rings is 1. The van der Waals surface area contributed by atoms with Crippen LogP contribution in [0.1, 0.15) is 10.4 Å². The van der Waals surface area contributed by atoms with Gasteiger partial charge in [-0.2, -0.15) is 10.5 Å². The predicted octanol–water partition coefficient (Wildman–Crippen LogP) is 2.70. The molecule has 0 N–H and O–H groups in total. The van der Waals surface area contributed by atoms with Crippen molar-refractivity contribution < 1.29 is 9.18 Å². The second-order valence-corrected chi connectivity index (χ2v) is 5.82. The summed E-state index contributed by atoms with van der Waals surface area (Å²) < 4.78 is 13.3. The first-order chi connectivity index (χ1) is 11.0. The lowest BCUT2D eigenvalue weighted by Crippen LogP contribution is -2.36. The third-order valence-electron chi connectivity index (χ3n) is 3.20. The van der Waals surface area contributed by atoms with Crippen molar-refractivity contribution in [1.82, 2.24) is 4.90 Å². The van der Waals surface area contributed by atoms with Crippen LogP contribution in [0.4, 0.5) is 10.1 Å². The van der Waals surface area contributed by atoms with E-state index in [4.69, 9.17) is 5.26 Å². The van der Waals surface area contributed by atoms with Crippen LogP contribution in [0.2, 0.25) is 0 Å². The molecule has 0 saturated heterocycles. The first-order valence-corrected chi connectivity index (χ1v) is 7.56. The van der Waals surface area contributed by atoms with Crippen LogP contribution in [-0.4, -0.2) is 24.4 Å². The summed E-state index contributed by atoms with van der Waals surface area (Å²) in [5, 5.41) is 20.0. The largest absolute Gasteiger partial charge is 0.339 e. The Labute approximate surface area is 137 Å². The van der Waals surface area contributed by atoms with Crippen molar-refractivity contribution in [1.29, 1.82) is 10.5 Å². The number of carbonyl (C=O) groups is 1. The van der Waals surface area contributed by atoms with Gasteiger partial charge in [0.2, 0.25) is 5.91 Å². The van der Waals surface area contributed by atoms with E-state index in [0.717, 1.165) is 15.8 Å². The first-order valence-electron chi connectivity index (χ1n) is 6.68. The lowest BCUT2D eigenvalue weighted by Gasteiger charge is -2.21. The topological polar surface area (TPSA) is 71.1 Å². The van der Waals surface area contributed by atoms with E-state index in [0.29, 0.717) is 12.2 Å². The number of likely N-dealkylation sites (N-methyl/N-ethyl adjacent to an activating group) is 1. The van der Waals surface area contributed by atoms with Crippen LogP contribution >= 0.6 is 11.3 Å². The maximum absolute atomic E-state index is 13.3. The summed E-state index contributed by atoms with van der Waals surface area (Å²) in [7, 11) is 1.66. The quantitative estimate of drug-likeness (QED) is 0.625. The third-order valence-corrected chi connectivity index (χ3v) is 4.06. The molecule has 0 saturated carbocycles. The number of anilines is 1. The molecule has 23 heavy (non-hydrogen) atoms. The summed E-state index contributed by atoms with van der Waals surface area (Å²) in [4.78, 5) is 15.9. The predicted molar refractivity (Wildman–Crippen MR) is 84.9 cm³/mol. The summed E-state index contributed by atoms with van der Waals surface area (Å²) >= 11 is 1.55. The fourth-order valence-electron chi connectivity index (χ4n) is 1.93. The smallest absolute Gasteiger partial charge is 0.243 e. The summed E-state index contributed by atoms with van der Waals surface area (Å²) in [6.07, 6.45) is 1.89. The number of hydrogen-bond acceptors (Lipinski definition) is 5. The fourth-order valence-corrected chi connectivity index (χ4v) is 2.69. The maximum Gasteiger partial charge on any atom is 0.243 e. The number of nitriles is 2. The zero-order valence-electron chi connectivity index (χ0n) is 12.4. The van der Waals surface area contributed by atoms with Crippen molar-refractivity contribution in [3.05, 3.63) is 52.0 Å². The van der Waals surface area contributed by atoms with Crippen LogP contribution in [-0.2, 0) is 11.3 Å². The van der Waals surface area contributed by atoms with E-state index in [2.05, 4.69) is 0 Å². The van der Waals surface area contributed by atoms with Gasteiger partial charge in [0.1, 0.15) is 18.4 Å². The van der Waals surface area contributed by atoms with Crippen LogP contribution in [0, 0.1) is 28.6 Å². The van der Waals surface area contributed by atoms with Crippen LogP contribution in [0.25, 0.3) is 0 Å². The number of halogens is 1. The molecule has 0 radical (unpaired) electrons. The molecular formula is C16H13FN4OS. The molecule has 0 atom stereocenters. The highest BCUT2D eigenvalue weighted by molar-refractivity contribution is 7.09. The van der Waals surface area contributed by atoms with E-state index in [1.807, 2.05) is 23.7 Å². The number of hydrogen-bond donors (Lipinski definition) is 0. The summed E-state index contributed by atoms with van der Waals surface area (Å²) in [5.41, 5.74) is 0.144. The highest BCUT2D eigenvalue weighted by Crippen LogP contribution is 2.18. The molecule has 0 aliphatic carbocycles. The Kier molecular flexibility index (Phi) is 5.29. The lowest BCUT2D eigenvalue weighted by atomic mass is 10.2. The molecule has 1 heterocycles. The van der Waals surface area contributed by atoms with Gasteiger partial charge < -0.3 is 4.90 Å². The van der Waals surface area contributed by atoms with Crippen LogP contribution in [0.3, 0.4) is 0 Å². The van der Waals surface area contributed by atoms with Gasteiger partial charge in [0.15, 0.2) is 6.19 Å². The van der Waals surface area contributed by atoms with Gasteiger partial charge in [-0.25, -0.2) is 4.39 Å². The molecule has 0 unspecified atom stereocenters. The minimum absolute atomic E-state index is 0.165. The minimum Gasteiger partial charge on any atom is -0.339 e. The molecule has 0 aliphatic heterocycles. The van der Waals surface area contributed by atoms with Gasteiger partial charge in [-0.3, -0.25) is 9.69 Å². The molecule has 7 heteroatoms. The standard InChI is InChI=1S/C16H13FN4OS/c1-20(9-14-3-2-6-23-14)16(22)10-21(11-19)13-4-5-15(17)12(7-13)8-18/h2-7H,9-10H2,1H3. The van der Waals surface area contributed by atoms with E-state index in [-0.39, 0.29) is 18.0 Å². The van der Waals surface area contributed by atoms with Gasteiger partial charge in [-0.15, -0.1) is 11.3 Å². The zero-order valence-corrected chi connectivity index (χ0v) is 13.2. The Morgan fingerprint density at radius 3 is 2.74 bits per heavy atom. The molecule has 5 nitrogen and oxygen atoms in total. The molecule has 0 bridgehead atoms. The number of amides is 1. The highest BCUT2D eigenvalue weighted by Gasteiger charge is 2.16. The highest BCUT2D eigenvalue weighted by atomic mass is 32.1. The maximum atomic E-state index is 13.3. The van der Waals surface area contributed by atoms with Gasteiger partial charge in [0, 0.05) is 11.9 Å². The zero-order chi connectivity index (χ0) is 16.8. The fraction of sp³-hybridized carbons (Fsp3) is 0.188. The van der Waals surface area contributed by atoms with E-state index >= 15 is 0 Å². The summed E-state index contributed by atoms with van der Waals surface area (Å²) in [6.45, 7) is 0.289. The minimum atomic E-state index is -0.657. The first kappa shape index (κ1) is 16.5. The SMILES string of the molecule is CN(Cc1cccs1)C(=O)CN(C#N)c1ccc(F)c(C#N)c1. The number of rotatable bonds is 5. The van der Waals surface area contributed by atoms with Gasteiger partial charge in [-0.05, 0) is 29.6 Å². The molecule has 0 spiro atoms. The normalized spacial score (nSPS) is 9.74. The lowest BCUT2D eigenvalue weighted by molar-refractivity contribution is -0.128. The molecule has 1 aromatic carbocycles. The van der Waals surface area contributed by atoms with Crippen LogP contribution < -0.4 is 4.90 Å². The number of carbonyl (C=O) groups excluding carboxylic acids is 1. The average Bonchev–Trinajstić information content (AvgIpc) is 3.06. The Bertz CT molecular complexity index is 776. The molecule has 0 aliphatic rings. The van der Waals surface area contributed by atoms with Crippen molar-refractivity contribution in [3.63, 3.8) is 0 Å². The third kappa shape index (κ3) is 4.06. The van der Waals surface area contributed by atoms with Crippen molar-refractivity contribution in [2.24, 2.45) is 0 Å². The van der Waals surface area contributed by atoms with Crippen molar-refractivity contribution >= 4 is 22.9 Å². The molecule has 2 rings (SSSR count). The van der Waals surface area contributed by atoms with E-state index in [1.54, 1.807) is 24.5 Å². The molecule has 2 aromatic rings. The summed E-state index contributed by atoms with van der Waals surface area (Å²) in [5.74, 6) is -0.905. The molecule has 0 fully saturated rings.